The summed E-state index contributed by atoms with van der Waals surface area (Å²) >= 11 is 0. The van der Waals surface area contributed by atoms with Gasteiger partial charge in [0.2, 0.25) is 15.9 Å². The van der Waals surface area contributed by atoms with Crippen molar-refractivity contribution >= 4 is 21.6 Å². The summed E-state index contributed by atoms with van der Waals surface area (Å²) in [6.45, 7) is 2.26. The Balaban J connectivity index is 2.86. The summed E-state index contributed by atoms with van der Waals surface area (Å²) in [7, 11) is -3.57. The van der Waals surface area contributed by atoms with Crippen molar-refractivity contribution in [2.24, 2.45) is 0 Å². The maximum atomic E-state index is 11.8. The van der Waals surface area contributed by atoms with Crippen molar-refractivity contribution in [2.75, 3.05) is 23.7 Å². The van der Waals surface area contributed by atoms with E-state index in [1.165, 1.54) is 24.3 Å². The van der Waals surface area contributed by atoms with Crippen molar-refractivity contribution in [3.05, 3.63) is 29.8 Å². The lowest BCUT2D eigenvalue weighted by Gasteiger charge is -2.21. The van der Waals surface area contributed by atoms with E-state index in [0.29, 0.717) is 17.8 Å². The Morgan fingerprint density at radius 3 is 2.43 bits per heavy atom. The highest BCUT2D eigenvalue weighted by molar-refractivity contribution is 7.92. The third-order valence-corrected chi connectivity index (χ3v) is 3.97. The van der Waals surface area contributed by atoms with Crippen LogP contribution in [0, 0.1) is 11.3 Å². The molecule has 0 aliphatic carbocycles. The Bertz CT molecular complexity index is 618. The van der Waals surface area contributed by atoms with E-state index >= 15 is 0 Å². The van der Waals surface area contributed by atoms with Crippen molar-refractivity contribution in [1.82, 2.24) is 5.32 Å². The summed E-state index contributed by atoms with van der Waals surface area (Å²) in [5.41, 5.74) is 0.793. The molecule has 0 aliphatic rings. The van der Waals surface area contributed by atoms with Gasteiger partial charge in [-0.3, -0.25) is 9.10 Å². The van der Waals surface area contributed by atoms with E-state index in [0.717, 1.165) is 23.4 Å². The molecule has 0 aliphatic heterocycles. The molecule has 0 fully saturated rings. The van der Waals surface area contributed by atoms with E-state index in [1.807, 2.05) is 13.0 Å². The zero-order valence-electron chi connectivity index (χ0n) is 12.2. The molecule has 1 N–H and O–H groups in total. The molecule has 0 unspecified atom stereocenters. The molecule has 0 atom stereocenters. The highest BCUT2D eigenvalue weighted by atomic mass is 32.2. The van der Waals surface area contributed by atoms with E-state index in [1.54, 1.807) is 0 Å². The Morgan fingerprint density at radius 2 is 1.95 bits per heavy atom. The molecule has 1 amide bonds. The fraction of sp³-hybridized carbons (Fsp3) is 0.429. The van der Waals surface area contributed by atoms with Crippen molar-refractivity contribution in [2.45, 2.75) is 19.8 Å². The lowest BCUT2D eigenvalue weighted by molar-refractivity contribution is -0.119. The Hall–Kier alpha value is -2.07. The third-order valence-electron chi connectivity index (χ3n) is 2.82. The monoisotopic (exact) mass is 309 g/mol. The Morgan fingerprint density at radius 1 is 1.33 bits per heavy atom. The lowest BCUT2D eigenvalue weighted by Crippen LogP contribution is -2.40. The molecular weight excluding hydrogens is 290 g/mol. The molecule has 21 heavy (non-hydrogen) atoms. The Kier molecular flexibility index (Phi) is 6.18. The number of benzene rings is 1. The van der Waals surface area contributed by atoms with Crippen LogP contribution in [0.15, 0.2) is 24.3 Å². The molecule has 0 saturated heterocycles. The summed E-state index contributed by atoms with van der Waals surface area (Å²) in [5.74, 6) is -0.349. The Labute approximate surface area is 125 Å². The van der Waals surface area contributed by atoms with E-state index in [4.69, 9.17) is 5.26 Å². The van der Waals surface area contributed by atoms with Crippen LogP contribution in [0.25, 0.3) is 0 Å². The largest absolute Gasteiger partial charge is 0.355 e. The van der Waals surface area contributed by atoms with E-state index < -0.39 is 10.0 Å². The number of anilines is 1. The van der Waals surface area contributed by atoms with E-state index in [2.05, 4.69) is 5.32 Å². The van der Waals surface area contributed by atoms with Gasteiger partial charge in [-0.15, -0.1) is 0 Å². The van der Waals surface area contributed by atoms with Crippen LogP contribution < -0.4 is 9.62 Å². The first-order valence-electron chi connectivity index (χ1n) is 6.63. The van der Waals surface area contributed by atoms with Crippen LogP contribution in [0.4, 0.5) is 5.69 Å². The zero-order chi connectivity index (χ0) is 15.9. The predicted octanol–water partition coefficient (Wildman–Crippen LogP) is 1.24. The van der Waals surface area contributed by atoms with Crippen molar-refractivity contribution in [3.8, 4) is 6.07 Å². The molecule has 7 heteroatoms. The normalized spacial score (nSPS) is 10.7. The minimum absolute atomic E-state index is 0.269. The molecule has 6 nitrogen and oxygen atoms in total. The number of carbonyl (C=O) groups excluding carboxylic acids is 1. The number of unbranched alkanes of at least 4 members (excludes halogenated alkanes) is 1. The second kappa shape index (κ2) is 7.64. The van der Waals surface area contributed by atoms with Gasteiger partial charge >= 0.3 is 0 Å². The summed E-state index contributed by atoms with van der Waals surface area (Å²) in [6, 6.07) is 8.02. The van der Waals surface area contributed by atoms with Crippen molar-refractivity contribution in [1.29, 1.82) is 5.26 Å². The molecule has 0 heterocycles. The molecule has 0 saturated carbocycles. The molecule has 0 spiro atoms. The number of rotatable bonds is 7. The SMILES string of the molecule is CCCCNC(=O)CN(c1ccc(C#N)cc1)S(C)(=O)=O. The van der Waals surface area contributed by atoms with E-state index in [-0.39, 0.29) is 12.5 Å². The average molecular weight is 309 g/mol. The molecular formula is C14H19N3O3S. The van der Waals surface area contributed by atoms with Crippen LogP contribution >= 0.6 is 0 Å². The highest BCUT2D eigenvalue weighted by Gasteiger charge is 2.20. The highest BCUT2D eigenvalue weighted by Crippen LogP contribution is 2.17. The van der Waals surface area contributed by atoms with Gasteiger partial charge in [0.1, 0.15) is 6.54 Å². The number of nitrogens with zero attached hydrogens (tertiary/aromatic N) is 2. The maximum Gasteiger partial charge on any atom is 0.240 e. The first-order chi connectivity index (χ1) is 9.88. The number of sulfonamides is 1. The van der Waals surface area contributed by atoms with E-state index in [9.17, 15) is 13.2 Å². The van der Waals surface area contributed by atoms with Gasteiger partial charge in [0.25, 0.3) is 0 Å². The first kappa shape index (κ1) is 17.0. The van der Waals surface area contributed by atoms with Gasteiger partial charge in [0, 0.05) is 6.54 Å². The molecule has 1 rings (SSSR count). The molecule has 114 valence electrons. The smallest absolute Gasteiger partial charge is 0.240 e. The maximum absolute atomic E-state index is 11.8. The third kappa shape index (κ3) is 5.44. The van der Waals surface area contributed by atoms with Gasteiger partial charge < -0.3 is 5.32 Å². The molecule has 0 aromatic heterocycles. The zero-order valence-corrected chi connectivity index (χ0v) is 13.0. The molecule has 0 radical (unpaired) electrons. The summed E-state index contributed by atoms with van der Waals surface area (Å²) < 4.78 is 24.7. The average Bonchev–Trinajstić information content (AvgIpc) is 2.44. The first-order valence-corrected chi connectivity index (χ1v) is 8.48. The van der Waals surface area contributed by atoms with Gasteiger partial charge in [-0.25, -0.2) is 8.42 Å². The fourth-order valence-electron chi connectivity index (χ4n) is 1.69. The van der Waals surface area contributed by atoms with Crippen molar-refractivity contribution < 1.29 is 13.2 Å². The predicted molar refractivity (Wildman–Crippen MR) is 81.3 cm³/mol. The van der Waals surface area contributed by atoms with Crippen molar-refractivity contribution in [3.63, 3.8) is 0 Å². The fourth-order valence-corrected chi connectivity index (χ4v) is 2.55. The van der Waals surface area contributed by atoms with Gasteiger partial charge in [0.05, 0.1) is 23.6 Å². The topological polar surface area (TPSA) is 90.3 Å². The number of hydrogen-bond acceptors (Lipinski definition) is 4. The summed E-state index contributed by atoms with van der Waals surface area (Å²) in [6.07, 6.45) is 2.84. The number of hydrogen-bond donors (Lipinski definition) is 1. The number of nitrogens with one attached hydrogen (secondary N) is 1. The summed E-state index contributed by atoms with van der Waals surface area (Å²) in [4.78, 5) is 11.8. The lowest BCUT2D eigenvalue weighted by atomic mass is 10.2. The second-order valence-corrected chi connectivity index (χ2v) is 6.54. The molecule has 0 bridgehead atoms. The minimum Gasteiger partial charge on any atom is -0.355 e. The summed E-state index contributed by atoms with van der Waals surface area (Å²) in [5, 5.41) is 11.4. The van der Waals surface area contributed by atoms with Gasteiger partial charge in [-0.05, 0) is 30.7 Å². The number of carbonyl (C=O) groups is 1. The van der Waals surface area contributed by atoms with Gasteiger partial charge in [-0.1, -0.05) is 13.3 Å². The quantitative estimate of drug-likeness (QED) is 0.767. The molecule has 1 aromatic carbocycles. The van der Waals surface area contributed by atoms with Crippen LogP contribution in [0.3, 0.4) is 0 Å². The van der Waals surface area contributed by atoms with Crippen LogP contribution in [-0.4, -0.2) is 33.7 Å². The van der Waals surface area contributed by atoms with Crippen LogP contribution in [-0.2, 0) is 14.8 Å². The number of amides is 1. The van der Waals surface area contributed by atoms with Crippen LogP contribution in [0.2, 0.25) is 0 Å². The van der Waals surface area contributed by atoms with Crippen LogP contribution in [0.1, 0.15) is 25.3 Å². The minimum atomic E-state index is -3.57. The number of nitriles is 1. The molecule has 1 aromatic rings. The van der Waals surface area contributed by atoms with Gasteiger partial charge in [-0.2, -0.15) is 5.26 Å². The standard InChI is InChI=1S/C14H19N3O3S/c1-3-4-9-16-14(18)11-17(21(2,19)20)13-7-5-12(10-15)6-8-13/h5-8H,3-4,9,11H2,1-2H3,(H,16,18). The second-order valence-electron chi connectivity index (χ2n) is 4.63. The van der Waals surface area contributed by atoms with Crippen LogP contribution in [0.5, 0.6) is 0 Å². The van der Waals surface area contributed by atoms with Gasteiger partial charge in [0.15, 0.2) is 0 Å².